The van der Waals surface area contributed by atoms with E-state index in [-0.39, 0.29) is 11.7 Å². The van der Waals surface area contributed by atoms with Crippen molar-refractivity contribution < 1.29 is 9.18 Å². The highest BCUT2D eigenvalue weighted by Gasteiger charge is 2.36. The zero-order valence-corrected chi connectivity index (χ0v) is 20.4. The molecule has 9 heteroatoms. The molecule has 3 heterocycles. The molecule has 1 N–H and O–H groups in total. The molecule has 1 fully saturated rings. The Balaban J connectivity index is 1.44. The second kappa shape index (κ2) is 8.96. The summed E-state index contributed by atoms with van der Waals surface area (Å²) in [5.41, 5.74) is 4.06. The Kier molecular flexibility index (Phi) is 6.00. The summed E-state index contributed by atoms with van der Waals surface area (Å²) in [6.07, 6.45) is 0. The van der Waals surface area contributed by atoms with Crippen molar-refractivity contribution >= 4 is 40.6 Å². The van der Waals surface area contributed by atoms with Gasteiger partial charge in [0.25, 0.3) is 5.91 Å². The number of rotatable bonds is 3. The lowest BCUT2D eigenvalue weighted by atomic mass is 9.94. The number of hydrogen-bond acceptors (Lipinski definition) is 4. The number of halogens is 3. The molecule has 3 aromatic rings. The third-order valence-corrected chi connectivity index (χ3v) is 7.08. The summed E-state index contributed by atoms with van der Waals surface area (Å²) in [7, 11) is 0. The number of piperazine rings is 1. The molecular formula is C25H24Cl2FN5O. The first kappa shape index (κ1) is 22.7. The van der Waals surface area contributed by atoms with Crippen molar-refractivity contribution in [3.05, 3.63) is 86.9 Å². The summed E-state index contributed by atoms with van der Waals surface area (Å²) in [5, 5.41) is 8.90. The Morgan fingerprint density at radius 1 is 1.00 bits per heavy atom. The average Bonchev–Trinajstić information content (AvgIpc) is 3.19. The van der Waals surface area contributed by atoms with Crippen molar-refractivity contribution in [3.8, 4) is 0 Å². The molecule has 34 heavy (non-hydrogen) atoms. The van der Waals surface area contributed by atoms with Crippen LogP contribution in [-0.2, 0) is 4.79 Å². The molecule has 6 nitrogen and oxygen atoms in total. The van der Waals surface area contributed by atoms with E-state index in [1.165, 1.54) is 12.1 Å². The van der Waals surface area contributed by atoms with Crippen LogP contribution < -0.4 is 10.2 Å². The predicted molar refractivity (Wildman–Crippen MR) is 133 cm³/mol. The number of anilines is 2. The van der Waals surface area contributed by atoms with E-state index in [0.29, 0.717) is 41.8 Å². The molecule has 0 spiro atoms. The van der Waals surface area contributed by atoms with Crippen molar-refractivity contribution in [1.82, 2.24) is 14.7 Å². The molecule has 2 aliphatic heterocycles. The normalized spacial score (nSPS) is 18.1. The third kappa shape index (κ3) is 4.14. The Labute approximate surface area is 207 Å². The van der Waals surface area contributed by atoms with Crippen molar-refractivity contribution in [1.29, 1.82) is 0 Å². The highest BCUT2D eigenvalue weighted by Crippen LogP contribution is 2.39. The molecule has 0 unspecified atom stereocenters. The number of aromatic nitrogens is 2. The first-order valence-corrected chi connectivity index (χ1v) is 11.9. The Bertz CT molecular complexity index is 1280. The van der Waals surface area contributed by atoms with Gasteiger partial charge >= 0.3 is 0 Å². The predicted octanol–water partition coefficient (Wildman–Crippen LogP) is 5.28. The van der Waals surface area contributed by atoms with Gasteiger partial charge in [-0.3, -0.25) is 4.79 Å². The van der Waals surface area contributed by atoms with Crippen LogP contribution in [0.5, 0.6) is 0 Å². The van der Waals surface area contributed by atoms with Crippen molar-refractivity contribution in [2.24, 2.45) is 0 Å². The van der Waals surface area contributed by atoms with Gasteiger partial charge in [-0.2, -0.15) is 5.10 Å². The number of aryl methyl sites for hydroxylation is 1. The standard InChI is InChI=1S/C25H24Cl2FN5O/c1-15-13-22-29-16(2)23(24(33(22)30-15)17-3-8-20(26)21(27)14-17)25(34)32-11-9-31(10-12-32)19-6-4-18(28)5-7-19/h3-8,13-14,24,29H,9-12H2,1-2H3/t24-/m1/s1. The van der Waals surface area contributed by atoms with Gasteiger partial charge in [0.15, 0.2) is 0 Å². The van der Waals surface area contributed by atoms with E-state index in [9.17, 15) is 9.18 Å². The maximum atomic E-state index is 13.9. The maximum absolute atomic E-state index is 13.9. The van der Waals surface area contributed by atoms with Gasteiger partial charge < -0.3 is 15.1 Å². The molecule has 0 saturated carbocycles. The quantitative estimate of drug-likeness (QED) is 0.532. The van der Waals surface area contributed by atoms with Crippen LogP contribution >= 0.6 is 23.2 Å². The SMILES string of the molecule is CC1=C(C(=O)N2CCN(c3ccc(F)cc3)CC2)[C@@H](c2ccc(Cl)c(Cl)c2)n2nc(C)cc2N1. The van der Waals surface area contributed by atoms with Crippen LogP contribution in [0.25, 0.3) is 0 Å². The van der Waals surface area contributed by atoms with Crippen LogP contribution in [0.4, 0.5) is 15.9 Å². The number of nitrogens with one attached hydrogen (secondary N) is 1. The van der Waals surface area contributed by atoms with Gasteiger partial charge in [0, 0.05) is 43.6 Å². The fourth-order valence-electron chi connectivity index (χ4n) is 4.65. The summed E-state index contributed by atoms with van der Waals surface area (Å²) in [6.45, 7) is 6.29. The van der Waals surface area contributed by atoms with Crippen molar-refractivity contribution in [3.63, 3.8) is 0 Å². The lowest BCUT2D eigenvalue weighted by Gasteiger charge is -2.38. The highest BCUT2D eigenvalue weighted by molar-refractivity contribution is 6.42. The number of amides is 1. The van der Waals surface area contributed by atoms with Gasteiger partial charge in [0.1, 0.15) is 17.7 Å². The molecule has 176 valence electrons. The minimum atomic E-state index is -0.428. The molecule has 0 radical (unpaired) electrons. The third-order valence-electron chi connectivity index (χ3n) is 6.34. The molecule has 1 aromatic heterocycles. The summed E-state index contributed by atoms with van der Waals surface area (Å²) in [5.74, 6) is 0.522. The van der Waals surface area contributed by atoms with E-state index < -0.39 is 6.04 Å². The average molecular weight is 500 g/mol. The zero-order chi connectivity index (χ0) is 24.0. The van der Waals surface area contributed by atoms with Gasteiger partial charge in [-0.25, -0.2) is 9.07 Å². The van der Waals surface area contributed by atoms with Crippen LogP contribution in [-0.4, -0.2) is 46.8 Å². The van der Waals surface area contributed by atoms with E-state index in [4.69, 9.17) is 23.2 Å². The van der Waals surface area contributed by atoms with Crippen molar-refractivity contribution in [2.75, 3.05) is 36.4 Å². The second-order valence-electron chi connectivity index (χ2n) is 8.61. The van der Waals surface area contributed by atoms with Crippen LogP contribution in [0.3, 0.4) is 0 Å². The summed E-state index contributed by atoms with van der Waals surface area (Å²) < 4.78 is 15.1. The summed E-state index contributed by atoms with van der Waals surface area (Å²) >= 11 is 12.5. The molecule has 5 rings (SSSR count). The minimum Gasteiger partial charge on any atom is -0.368 e. The number of allylic oxidation sites excluding steroid dienone is 1. The second-order valence-corrected chi connectivity index (χ2v) is 9.43. The topological polar surface area (TPSA) is 53.4 Å². The largest absolute Gasteiger partial charge is 0.368 e. The number of carbonyl (C=O) groups excluding carboxylic acids is 1. The first-order chi connectivity index (χ1) is 16.3. The molecule has 0 aliphatic carbocycles. The lowest BCUT2D eigenvalue weighted by Crippen LogP contribution is -2.50. The monoisotopic (exact) mass is 499 g/mol. The molecule has 2 aromatic carbocycles. The molecule has 0 bridgehead atoms. The van der Waals surface area contributed by atoms with Crippen LogP contribution in [0.1, 0.15) is 24.2 Å². The van der Waals surface area contributed by atoms with Gasteiger partial charge in [0.05, 0.1) is 21.3 Å². The fraction of sp³-hybridized carbons (Fsp3) is 0.280. The Morgan fingerprint density at radius 3 is 2.38 bits per heavy atom. The number of benzene rings is 2. The molecule has 1 saturated heterocycles. The first-order valence-electron chi connectivity index (χ1n) is 11.1. The lowest BCUT2D eigenvalue weighted by molar-refractivity contribution is -0.128. The van der Waals surface area contributed by atoms with Crippen LogP contribution in [0.2, 0.25) is 10.0 Å². The number of nitrogens with zero attached hydrogens (tertiary/aromatic N) is 4. The minimum absolute atomic E-state index is 0.0429. The van der Waals surface area contributed by atoms with Crippen molar-refractivity contribution in [2.45, 2.75) is 19.9 Å². The van der Waals surface area contributed by atoms with Crippen LogP contribution in [0.15, 0.2) is 59.8 Å². The van der Waals surface area contributed by atoms with Gasteiger partial charge in [-0.1, -0.05) is 29.3 Å². The summed E-state index contributed by atoms with van der Waals surface area (Å²) in [6, 6.07) is 13.4. The maximum Gasteiger partial charge on any atom is 0.254 e. The Morgan fingerprint density at radius 2 is 1.71 bits per heavy atom. The van der Waals surface area contributed by atoms with E-state index >= 15 is 0 Å². The van der Waals surface area contributed by atoms with Gasteiger partial charge in [0.2, 0.25) is 0 Å². The highest BCUT2D eigenvalue weighted by atomic mass is 35.5. The van der Waals surface area contributed by atoms with E-state index in [1.54, 1.807) is 24.3 Å². The summed E-state index contributed by atoms with van der Waals surface area (Å²) in [4.78, 5) is 17.9. The van der Waals surface area contributed by atoms with E-state index in [0.717, 1.165) is 28.5 Å². The molecule has 1 atom stereocenters. The smallest absolute Gasteiger partial charge is 0.254 e. The number of fused-ring (bicyclic) bond motifs is 1. The molecular weight excluding hydrogens is 476 g/mol. The number of hydrogen-bond donors (Lipinski definition) is 1. The van der Waals surface area contributed by atoms with Gasteiger partial charge in [-0.05, 0) is 55.8 Å². The molecule has 2 aliphatic rings. The Hall–Kier alpha value is -3.03. The number of carbonyl (C=O) groups is 1. The van der Waals surface area contributed by atoms with E-state index in [2.05, 4.69) is 15.3 Å². The molecule has 1 amide bonds. The van der Waals surface area contributed by atoms with Crippen LogP contribution in [0, 0.1) is 12.7 Å². The fourth-order valence-corrected chi connectivity index (χ4v) is 4.96. The zero-order valence-electron chi connectivity index (χ0n) is 18.9. The van der Waals surface area contributed by atoms with E-state index in [1.807, 2.05) is 35.6 Å². The van der Waals surface area contributed by atoms with Gasteiger partial charge in [-0.15, -0.1) is 0 Å².